The quantitative estimate of drug-likeness (QED) is 0.168. The summed E-state index contributed by atoms with van der Waals surface area (Å²) in [6.07, 6.45) is 1.42. The molecule has 51 heavy (non-hydrogen) atoms. The number of pyridine rings is 1. The van der Waals surface area contributed by atoms with Crippen molar-refractivity contribution in [3.05, 3.63) is 125 Å². The summed E-state index contributed by atoms with van der Waals surface area (Å²) in [5, 5.41) is 12.3. The summed E-state index contributed by atoms with van der Waals surface area (Å²) in [6.45, 7) is 12.2. The van der Waals surface area contributed by atoms with Crippen molar-refractivity contribution in [2.24, 2.45) is 4.99 Å². The highest BCUT2D eigenvalue weighted by atomic mass is 16.6. The number of rotatable bonds is 11. The van der Waals surface area contributed by atoms with Crippen LogP contribution >= 0.6 is 0 Å². The SMILES string of the molecule is Cc1ccc(OCc2ccccc2)c(Cn2c(=NC3CCN(CCNC(=O)OC(C)(C)C)CC3)n(Cc3ccc(C#N)cc3)c3ccccc32)n1. The Morgan fingerprint density at radius 3 is 2.24 bits per heavy atom. The smallest absolute Gasteiger partial charge is 0.407 e. The first-order valence-electron chi connectivity index (χ1n) is 17.7. The third-order valence-corrected chi connectivity index (χ3v) is 8.94. The van der Waals surface area contributed by atoms with Crippen LogP contribution < -0.4 is 15.7 Å². The fourth-order valence-electron chi connectivity index (χ4n) is 6.39. The largest absolute Gasteiger partial charge is 0.487 e. The fourth-order valence-corrected chi connectivity index (χ4v) is 6.39. The Morgan fingerprint density at radius 1 is 0.902 bits per heavy atom. The molecule has 6 rings (SSSR count). The number of likely N-dealkylation sites (tertiary alicyclic amines) is 1. The normalized spacial score (nSPS) is 14.4. The summed E-state index contributed by atoms with van der Waals surface area (Å²) in [6, 6.07) is 32.7. The van der Waals surface area contributed by atoms with Crippen molar-refractivity contribution in [1.82, 2.24) is 24.3 Å². The molecule has 0 bridgehead atoms. The molecule has 264 valence electrons. The van der Waals surface area contributed by atoms with Gasteiger partial charge < -0.3 is 28.8 Å². The van der Waals surface area contributed by atoms with Crippen LogP contribution in [0.3, 0.4) is 0 Å². The number of nitrogens with zero attached hydrogens (tertiary/aromatic N) is 6. The molecule has 5 aromatic rings. The Kier molecular flexibility index (Phi) is 11.2. The number of hydrogen-bond acceptors (Lipinski definition) is 7. The van der Waals surface area contributed by atoms with E-state index < -0.39 is 5.60 Å². The van der Waals surface area contributed by atoms with Gasteiger partial charge in [-0.2, -0.15) is 5.26 Å². The van der Waals surface area contributed by atoms with Gasteiger partial charge >= 0.3 is 6.09 Å². The van der Waals surface area contributed by atoms with Gasteiger partial charge in [-0.1, -0.05) is 54.6 Å². The minimum absolute atomic E-state index is 0.120. The molecule has 2 aromatic heterocycles. The van der Waals surface area contributed by atoms with E-state index in [0.29, 0.717) is 31.8 Å². The average Bonchev–Trinajstić information content (AvgIpc) is 3.39. The number of imidazole rings is 1. The van der Waals surface area contributed by atoms with Crippen molar-refractivity contribution in [2.75, 3.05) is 26.2 Å². The Hall–Kier alpha value is -5.40. The monoisotopic (exact) mass is 685 g/mol. The number of ether oxygens (including phenoxy) is 2. The van der Waals surface area contributed by atoms with Gasteiger partial charge in [0, 0.05) is 31.9 Å². The number of aryl methyl sites for hydroxylation is 1. The zero-order valence-electron chi connectivity index (χ0n) is 30.0. The number of para-hydroxylation sites is 2. The number of nitrogens with one attached hydrogen (secondary N) is 1. The van der Waals surface area contributed by atoms with Crippen molar-refractivity contribution in [2.45, 2.75) is 71.9 Å². The molecule has 1 amide bonds. The van der Waals surface area contributed by atoms with Gasteiger partial charge in [-0.15, -0.1) is 0 Å². The van der Waals surface area contributed by atoms with Crippen molar-refractivity contribution >= 4 is 17.1 Å². The molecule has 0 spiro atoms. The van der Waals surface area contributed by atoms with Crippen LogP contribution in [0.5, 0.6) is 5.75 Å². The standard InChI is InChI=1S/C41H47N7O3/c1-30-14-19-38(50-29-33-10-6-5-7-11-33)35(44-30)28-48-37-13-9-8-12-36(37)47(27-32-17-15-31(26-42)16-18-32)39(48)45-34-20-23-46(24-21-34)25-22-43-40(49)51-41(2,3)4/h5-19,34H,20-25,27-29H2,1-4H3,(H,43,49). The van der Waals surface area contributed by atoms with Crippen LogP contribution in [0, 0.1) is 18.3 Å². The van der Waals surface area contributed by atoms with E-state index in [1.807, 2.05) is 82.3 Å². The number of amides is 1. The minimum atomic E-state index is -0.518. The molecule has 3 heterocycles. The number of carbonyl (C=O) groups is 1. The first kappa shape index (κ1) is 35.4. The first-order chi connectivity index (χ1) is 24.6. The van der Waals surface area contributed by atoms with Crippen LogP contribution in [0.25, 0.3) is 11.0 Å². The molecule has 0 atom stereocenters. The van der Waals surface area contributed by atoms with Gasteiger partial charge in [0.25, 0.3) is 0 Å². The Balaban J connectivity index is 1.30. The molecular formula is C41H47N7O3. The molecule has 10 heteroatoms. The molecule has 0 aliphatic carbocycles. The van der Waals surface area contributed by atoms with Crippen molar-refractivity contribution in [3.8, 4) is 11.8 Å². The van der Waals surface area contributed by atoms with Crippen molar-refractivity contribution in [3.63, 3.8) is 0 Å². The molecule has 1 aliphatic rings. The van der Waals surface area contributed by atoms with Crippen LogP contribution in [0.1, 0.15) is 61.7 Å². The van der Waals surface area contributed by atoms with Gasteiger partial charge in [-0.25, -0.2) is 9.79 Å². The lowest BCUT2D eigenvalue weighted by Gasteiger charge is -2.30. The molecule has 0 unspecified atom stereocenters. The molecule has 1 aliphatic heterocycles. The van der Waals surface area contributed by atoms with E-state index in [9.17, 15) is 10.1 Å². The zero-order valence-corrected chi connectivity index (χ0v) is 30.0. The van der Waals surface area contributed by atoms with E-state index in [1.165, 1.54) is 0 Å². The third-order valence-electron chi connectivity index (χ3n) is 8.94. The number of benzene rings is 3. The van der Waals surface area contributed by atoms with Crippen LogP contribution in [-0.2, 0) is 24.4 Å². The predicted molar refractivity (Wildman–Crippen MR) is 198 cm³/mol. The van der Waals surface area contributed by atoms with Crippen molar-refractivity contribution < 1.29 is 14.3 Å². The Bertz CT molecular complexity index is 2050. The number of aromatic nitrogens is 3. The maximum absolute atomic E-state index is 12.1. The van der Waals surface area contributed by atoms with Crippen LogP contribution in [0.4, 0.5) is 4.79 Å². The van der Waals surface area contributed by atoms with Crippen LogP contribution in [0.2, 0.25) is 0 Å². The molecule has 1 N–H and O–H groups in total. The van der Waals surface area contributed by atoms with Gasteiger partial charge in [0.2, 0.25) is 5.62 Å². The zero-order chi connectivity index (χ0) is 35.8. The summed E-state index contributed by atoms with van der Waals surface area (Å²) >= 11 is 0. The molecule has 0 radical (unpaired) electrons. The second-order valence-electron chi connectivity index (χ2n) is 14.1. The van der Waals surface area contributed by atoms with E-state index >= 15 is 0 Å². The number of carbonyl (C=O) groups excluding carboxylic acids is 1. The molecule has 3 aromatic carbocycles. The highest BCUT2D eigenvalue weighted by Crippen LogP contribution is 2.23. The lowest BCUT2D eigenvalue weighted by molar-refractivity contribution is 0.0520. The maximum Gasteiger partial charge on any atom is 0.407 e. The topological polar surface area (TPSA) is 110 Å². The summed E-state index contributed by atoms with van der Waals surface area (Å²) in [4.78, 5) is 25.0. The summed E-state index contributed by atoms with van der Waals surface area (Å²) < 4.78 is 16.3. The number of piperidine rings is 1. The Labute approximate surface area is 300 Å². The molecule has 1 fully saturated rings. The second kappa shape index (κ2) is 16.1. The second-order valence-corrected chi connectivity index (χ2v) is 14.1. The molecular weight excluding hydrogens is 638 g/mol. The number of alkyl carbamates (subject to hydrolysis) is 1. The van der Waals surface area contributed by atoms with Gasteiger partial charge in [0.15, 0.2) is 0 Å². The highest BCUT2D eigenvalue weighted by molar-refractivity contribution is 5.76. The Morgan fingerprint density at radius 2 is 1.57 bits per heavy atom. The number of hydrogen-bond donors (Lipinski definition) is 1. The van der Waals surface area contributed by atoms with Gasteiger partial charge in [0.05, 0.1) is 41.8 Å². The predicted octanol–water partition coefficient (Wildman–Crippen LogP) is 6.58. The maximum atomic E-state index is 12.1. The lowest BCUT2D eigenvalue weighted by atomic mass is 10.1. The van der Waals surface area contributed by atoms with E-state index in [-0.39, 0.29) is 12.1 Å². The van der Waals surface area contributed by atoms with Crippen LogP contribution in [0.15, 0.2) is 96.0 Å². The van der Waals surface area contributed by atoms with E-state index in [2.05, 4.69) is 61.8 Å². The molecule has 10 nitrogen and oxygen atoms in total. The van der Waals surface area contributed by atoms with Gasteiger partial charge in [0.1, 0.15) is 23.7 Å². The number of nitriles is 1. The highest BCUT2D eigenvalue weighted by Gasteiger charge is 2.22. The summed E-state index contributed by atoms with van der Waals surface area (Å²) in [5.41, 5.74) is 7.09. The van der Waals surface area contributed by atoms with Crippen LogP contribution in [-0.4, -0.2) is 62.9 Å². The van der Waals surface area contributed by atoms with E-state index in [1.54, 1.807) is 0 Å². The van der Waals surface area contributed by atoms with E-state index in [4.69, 9.17) is 19.5 Å². The lowest BCUT2D eigenvalue weighted by Crippen LogP contribution is -2.42. The summed E-state index contributed by atoms with van der Waals surface area (Å²) in [7, 11) is 0. The van der Waals surface area contributed by atoms with Crippen molar-refractivity contribution in [1.29, 1.82) is 5.26 Å². The van der Waals surface area contributed by atoms with E-state index in [0.717, 1.165) is 77.4 Å². The minimum Gasteiger partial charge on any atom is -0.487 e. The van der Waals surface area contributed by atoms with Gasteiger partial charge in [-0.3, -0.25) is 4.98 Å². The first-order valence-corrected chi connectivity index (χ1v) is 17.7. The summed E-state index contributed by atoms with van der Waals surface area (Å²) in [5.74, 6) is 0.750. The fraction of sp³-hybridized carbons (Fsp3) is 0.366. The van der Waals surface area contributed by atoms with Gasteiger partial charge in [-0.05, 0) is 88.1 Å². The third kappa shape index (κ3) is 9.44. The number of fused-ring (bicyclic) bond motifs is 1. The molecule has 1 saturated heterocycles. The average molecular weight is 686 g/mol. The molecule has 0 saturated carbocycles.